The molecule has 0 bridgehead atoms. The molecular weight excluding hydrogens is 297 g/mol. The number of benzene rings is 1. The van der Waals surface area contributed by atoms with Crippen molar-refractivity contribution in [2.75, 3.05) is 6.54 Å². The van der Waals surface area contributed by atoms with Crippen LogP contribution in [-0.4, -0.2) is 34.5 Å². The average molecular weight is 321 g/mol. The highest BCUT2D eigenvalue weighted by molar-refractivity contribution is 5.84. The zero-order valence-corrected chi connectivity index (χ0v) is 13.7. The maximum absolute atomic E-state index is 13.2. The first-order valence-corrected chi connectivity index (χ1v) is 8.13. The number of carboxylic acid groups (broad SMARTS) is 1. The molecule has 0 aliphatic carbocycles. The molecule has 3 unspecified atom stereocenters. The molecule has 0 saturated carbocycles. The number of aliphatic carboxylic acids is 1. The van der Waals surface area contributed by atoms with Crippen molar-refractivity contribution in [2.45, 2.75) is 45.6 Å². The van der Waals surface area contributed by atoms with Gasteiger partial charge in [-0.05, 0) is 48.8 Å². The van der Waals surface area contributed by atoms with Crippen LogP contribution in [0.4, 0.5) is 4.39 Å². The van der Waals surface area contributed by atoms with Crippen molar-refractivity contribution in [2.24, 2.45) is 11.8 Å². The molecule has 4 nitrogen and oxygen atoms in total. The van der Waals surface area contributed by atoms with E-state index in [1.165, 1.54) is 17.0 Å². The van der Waals surface area contributed by atoms with Crippen LogP contribution in [0.1, 0.15) is 38.7 Å². The molecule has 1 aliphatic rings. The number of carbonyl (C=O) groups excluding carboxylic acids is 1. The lowest BCUT2D eigenvalue weighted by molar-refractivity contribution is -0.153. The fraction of sp³-hybridized carbons (Fsp3) is 0.556. The minimum Gasteiger partial charge on any atom is -0.480 e. The maximum Gasteiger partial charge on any atom is 0.326 e. The van der Waals surface area contributed by atoms with Crippen LogP contribution in [0.25, 0.3) is 0 Å². The molecule has 0 radical (unpaired) electrons. The molecule has 1 aromatic carbocycles. The van der Waals surface area contributed by atoms with Gasteiger partial charge in [-0.1, -0.05) is 26.0 Å². The molecule has 5 heteroatoms. The van der Waals surface area contributed by atoms with Gasteiger partial charge >= 0.3 is 5.97 Å². The molecule has 1 fully saturated rings. The Kier molecular flexibility index (Phi) is 5.74. The molecule has 1 amide bonds. The monoisotopic (exact) mass is 321 g/mol. The van der Waals surface area contributed by atoms with Crippen molar-refractivity contribution in [1.82, 2.24) is 4.90 Å². The molecule has 1 aliphatic heterocycles. The van der Waals surface area contributed by atoms with E-state index in [-0.39, 0.29) is 24.1 Å². The van der Waals surface area contributed by atoms with Crippen molar-refractivity contribution in [3.8, 4) is 0 Å². The molecule has 126 valence electrons. The lowest BCUT2D eigenvalue weighted by atomic mass is 9.91. The van der Waals surface area contributed by atoms with Gasteiger partial charge in [-0.15, -0.1) is 0 Å². The number of carbonyl (C=O) groups is 2. The Hall–Kier alpha value is -1.91. The highest BCUT2D eigenvalue weighted by atomic mass is 19.1. The lowest BCUT2D eigenvalue weighted by Crippen LogP contribution is -2.50. The van der Waals surface area contributed by atoms with Gasteiger partial charge in [0.2, 0.25) is 5.91 Å². The van der Waals surface area contributed by atoms with Crippen LogP contribution in [0, 0.1) is 17.7 Å². The summed E-state index contributed by atoms with van der Waals surface area (Å²) in [4.78, 5) is 25.4. The minimum atomic E-state index is -0.928. The lowest BCUT2D eigenvalue weighted by Gasteiger charge is -2.36. The normalized spacial score (nSPS) is 22.7. The maximum atomic E-state index is 13.2. The third kappa shape index (κ3) is 4.78. The van der Waals surface area contributed by atoms with E-state index in [2.05, 4.69) is 0 Å². The Labute approximate surface area is 136 Å². The number of likely N-dealkylation sites (tertiary alicyclic amines) is 1. The third-order valence-electron chi connectivity index (χ3n) is 4.47. The van der Waals surface area contributed by atoms with Gasteiger partial charge in [0.1, 0.15) is 11.9 Å². The fourth-order valence-corrected chi connectivity index (χ4v) is 3.23. The Morgan fingerprint density at radius 3 is 2.83 bits per heavy atom. The summed E-state index contributed by atoms with van der Waals surface area (Å²) in [5, 5.41) is 9.34. The predicted octanol–water partition coefficient (Wildman–Crippen LogP) is 3.11. The standard InChI is InChI=1S/C18H24FNO3/c1-12-6-7-20(16(9-12)18(22)23)17(21)10-13(2)8-14-4-3-5-15(19)11-14/h3-5,11-13,16H,6-10H2,1-2H3,(H,22,23). The first-order chi connectivity index (χ1) is 10.9. The van der Waals surface area contributed by atoms with Gasteiger partial charge < -0.3 is 10.0 Å². The van der Waals surface area contributed by atoms with Crippen LogP contribution in [0.2, 0.25) is 0 Å². The highest BCUT2D eigenvalue weighted by Crippen LogP contribution is 2.24. The summed E-state index contributed by atoms with van der Waals surface area (Å²) < 4.78 is 13.2. The number of nitrogens with zero attached hydrogens (tertiary/aromatic N) is 1. The topological polar surface area (TPSA) is 57.6 Å². The van der Waals surface area contributed by atoms with Crippen LogP contribution >= 0.6 is 0 Å². The van der Waals surface area contributed by atoms with E-state index in [4.69, 9.17) is 0 Å². The van der Waals surface area contributed by atoms with Gasteiger partial charge in [0.15, 0.2) is 0 Å². The van der Waals surface area contributed by atoms with E-state index < -0.39 is 12.0 Å². The minimum absolute atomic E-state index is 0.0399. The zero-order valence-electron chi connectivity index (χ0n) is 13.7. The molecule has 1 N–H and O–H groups in total. The predicted molar refractivity (Wildman–Crippen MR) is 85.4 cm³/mol. The molecule has 1 heterocycles. The Morgan fingerprint density at radius 1 is 1.43 bits per heavy atom. The molecule has 23 heavy (non-hydrogen) atoms. The summed E-state index contributed by atoms with van der Waals surface area (Å²) in [6, 6.07) is 5.65. The Bertz CT molecular complexity index is 575. The number of amides is 1. The smallest absolute Gasteiger partial charge is 0.326 e. The number of carboxylic acids is 1. The van der Waals surface area contributed by atoms with E-state index in [1.807, 2.05) is 19.9 Å². The summed E-state index contributed by atoms with van der Waals surface area (Å²) in [7, 11) is 0. The summed E-state index contributed by atoms with van der Waals surface area (Å²) >= 11 is 0. The number of rotatable bonds is 5. The average Bonchev–Trinajstić information content (AvgIpc) is 2.46. The van der Waals surface area contributed by atoms with E-state index in [1.54, 1.807) is 6.07 Å². The first-order valence-electron chi connectivity index (χ1n) is 8.13. The van der Waals surface area contributed by atoms with Crippen molar-refractivity contribution in [3.63, 3.8) is 0 Å². The molecule has 1 aromatic rings. The second-order valence-electron chi connectivity index (χ2n) is 6.71. The number of piperidine rings is 1. The summed E-state index contributed by atoms with van der Waals surface area (Å²) in [5.74, 6) is -0.962. The summed E-state index contributed by atoms with van der Waals surface area (Å²) in [6.45, 7) is 4.46. The van der Waals surface area contributed by atoms with Crippen molar-refractivity contribution in [3.05, 3.63) is 35.6 Å². The van der Waals surface area contributed by atoms with Crippen LogP contribution in [0.15, 0.2) is 24.3 Å². The zero-order chi connectivity index (χ0) is 17.0. The van der Waals surface area contributed by atoms with E-state index >= 15 is 0 Å². The first kappa shape index (κ1) is 17.4. The van der Waals surface area contributed by atoms with Crippen LogP contribution < -0.4 is 0 Å². The largest absolute Gasteiger partial charge is 0.480 e. The SMILES string of the molecule is CC(CC(=O)N1CCC(C)CC1C(=O)O)Cc1cccc(F)c1. The van der Waals surface area contributed by atoms with Gasteiger partial charge in [-0.2, -0.15) is 0 Å². The van der Waals surface area contributed by atoms with Crippen molar-refractivity contribution >= 4 is 11.9 Å². The fourth-order valence-electron chi connectivity index (χ4n) is 3.23. The van der Waals surface area contributed by atoms with Gasteiger partial charge in [-0.3, -0.25) is 4.79 Å². The molecular formula is C18H24FNO3. The second kappa shape index (κ2) is 7.57. The van der Waals surface area contributed by atoms with Crippen LogP contribution in [-0.2, 0) is 16.0 Å². The van der Waals surface area contributed by atoms with Gasteiger partial charge in [0, 0.05) is 13.0 Å². The highest BCUT2D eigenvalue weighted by Gasteiger charge is 2.34. The molecule has 3 atom stereocenters. The molecule has 0 aromatic heterocycles. The van der Waals surface area contributed by atoms with E-state index in [0.29, 0.717) is 25.3 Å². The molecule has 0 spiro atoms. The van der Waals surface area contributed by atoms with Gasteiger partial charge in [-0.25, -0.2) is 9.18 Å². The second-order valence-corrected chi connectivity index (χ2v) is 6.71. The van der Waals surface area contributed by atoms with Crippen LogP contribution in [0.5, 0.6) is 0 Å². The molecule has 1 saturated heterocycles. The quantitative estimate of drug-likeness (QED) is 0.906. The Balaban J connectivity index is 1.95. The molecule has 2 rings (SSSR count). The number of hydrogen-bond acceptors (Lipinski definition) is 2. The number of hydrogen-bond donors (Lipinski definition) is 1. The van der Waals surface area contributed by atoms with E-state index in [0.717, 1.165) is 12.0 Å². The number of halogens is 1. The van der Waals surface area contributed by atoms with Gasteiger partial charge in [0.25, 0.3) is 0 Å². The Morgan fingerprint density at radius 2 is 2.17 bits per heavy atom. The summed E-state index contributed by atoms with van der Waals surface area (Å²) in [5.41, 5.74) is 0.854. The van der Waals surface area contributed by atoms with Gasteiger partial charge in [0.05, 0.1) is 0 Å². The van der Waals surface area contributed by atoms with E-state index in [9.17, 15) is 19.1 Å². The van der Waals surface area contributed by atoms with Crippen LogP contribution in [0.3, 0.4) is 0 Å². The third-order valence-corrected chi connectivity index (χ3v) is 4.47. The van der Waals surface area contributed by atoms with Crippen molar-refractivity contribution in [1.29, 1.82) is 0 Å². The van der Waals surface area contributed by atoms with Crippen molar-refractivity contribution < 1.29 is 19.1 Å². The summed E-state index contributed by atoms with van der Waals surface area (Å²) in [6.07, 6.45) is 2.24.